The van der Waals surface area contributed by atoms with Gasteiger partial charge < -0.3 is 20.3 Å². The van der Waals surface area contributed by atoms with Crippen molar-refractivity contribution < 1.29 is 14.9 Å². The zero-order valence-electron chi connectivity index (χ0n) is 13.5. The van der Waals surface area contributed by atoms with Crippen molar-refractivity contribution in [3.05, 3.63) is 71.3 Å². The SMILES string of the molecule is Oc1ccc2c(c1O)Oc1ccc(-c3ccccc3)c3c1C2CNC3. The van der Waals surface area contributed by atoms with Crippen molar-refractivity contribution in [2.45, 2.75) is 12.5 Å². The number of hydrogen-bond donors (Lipinski definition) is 3. The fraction of sp³-hybridized carbons (Fsp3) is 0.143. The van der Waals surface area contributed by atoms with Gasteiger partial charge in [-0.3, -0.25) is 0 Å². The maximum atomic E-state index is 10.2. The van der Waals surface area contributed by atoms with Crippen LogP contribution in [-0.4, -0.2) is 16.8 Å². The van der Waals surface area contributed by atoms with E-state index in [0.29, 0.717) is 5.75 Å². The summed E-state index contributed by atoms with van der Waals surface area (Å²) < 4.78 is 5.99. The average Bonchev–Trinajstić information content (AvgIpc) is 2.66. The molecule has 2 aliphatic rings. The molecule has 0 aromatic heterocycles. The summed E-state index contributed by atoms with van der Waals surface area (Å²) in [7, 11) is 0. The van der Waals surface area contributed by atoms with Gasteiger partial charge in [-0.25, -0.2) is 0 Å². The molecular weight excluding hydrogens is 314 g/mol. The number of fused-ring (bicyclic) bond motifs is 2. The molecule has 0 spiro atoms. The molecule has 0 aliphatic carbocycles. The van der Waals surface area contributed by atoms with Gasteiger partial charge in [0.1, 0.15) is 5.75 Å². The highest BCUT2D eigenvalue weighted by molar-refractivity contribution is 5.74. The van der Waals surface area contributed by atoms with E-state index in [1.165, 1.54) is 28.3 Å². The highest BCUT2D eigenvalue weighted by Gasteiger charge is 2.35. The van der Waals surface area contributed by atoms with Gasteiger partial charge in [-0.05, 0) is 28.8 Å². The van der Waals surface area contributed by atoms with E-state index in [1.807, 2.05) is 30.3 Å². The third kappa shape index (κ3) is 2.04. The molecule has 3 aromatic rings. The molecule has 2 heterocycles. The summed E-state index contributed by atoms with van der Waals surface area (Å²) in [4.78, 5) is 0. The zero-order valence-corrected chi connectivity index (χ0v) is 13.5. The minimum atomic E-state index is -0.192. The Bertz CT molecular complexity index is 982. The van der Waals surface area contributed by atoms with Gasteiger partial charge in [0, 0.05) is 30.1 Å². The lowest BCUT2D eigenvalue weighted by molar-refractivity contribution is 0.357. The molecule has 0 amide bonds. The summed E-state index contributed by atoms with van der Waals surface area (Å²) >= 11 is 0. The number of benzene rings is 3. The predicted molar refractivity (Wildman–Crippen MR) is 95.3 cm³/mol. The van der Waals surface area contributed by atoms with Gasteiger partial charge in [-0.1, -0.05) is 42.5 Å². The van der Waals surface area contributed by atoms with Gasteiger partial charge in [0.05, 0.1) is 0 Å². The maximum absolute atomic E-state index is 10.2. The van der Waals surface area contributed by atoms with Gasteiger partial charge in [-0.2, -0.15) is 0 Å². The lowest BCUT2D eigenvalue weighted by Crippen LogP contribution is -2.31. The molecule has 0 saturated carbocycles. The van der Waals surface area contributed by atoms with Crippen LogP contribution in [0.25, 0.3) is 11.1 Å². The van der Waals surface area contributed by atoms with E-state index in [-0.39, 0.29) is 17.4 Å². The molecule has 4 heteroatoms. The number of nitrogens with one attached hydrogen (secondary N) is 1. The van der Waals surface area contributed by atoms with Crippen LogP contribution in [-0.2, 0) is 6.54 Å². The number of phenolic OH excluding ortho intramolecular Hbond substituents is 2. The van der Waals surface area contributed by atoms with Crippen molar-refractivity contribution in [2.24, 2.45) is 0 Å². The van der Waals surface area contributed by atoms with Crippen LogP contribution in [0.3, 0.4) is 0 Å². The lowest BCUT2D eigenvalue weighted by Gasteiger charge is -2.35. The standard InChI is InChI=1S/C21H17NO3/c23-17-8-6-14-16-11-22-10-15-13(12-4-2-1-3-5-12)7-9-18(19(15)16)25-21(14)20(17)24/h1-9,16,22-24H,10-11H2. The van der Waals surface area contributed by atoms with E-state index in [2.05, 4.69) is 23.5 Å². The first-order chi connectivity index (χ1) is 12.2. The van der Waals surface area contributed by atoms with Crippen LogP contribution in [0.15, 0.2) is 54.6 Å². The van der Waals surface area contributed by atoms with E-state index in [9.17, 15) is 10.2 Å². The molecule has 1 unspecified atom stereocenters. The normalized spacial score (nSPS) is 17.4. The molecule has 3 N–H and O–H groups in total. The Morgan fingerprint density at radius 3 is 2.64 bits per heavy atom. The summed E-state index contributed by atoms with van der Waals surface area (Å²) in [5, 5.41) is 23.5. The molecule has 4 nitrogen and oxygen atoms in total. The van der Waals surface area contributed by atoms with Crippen LogP contribution in [0, 0.1) is 0 Å². The van der Waals surface area contributed by atoms with Crippen molar-refractivity contribution in [1.82, 2.24) is 5.32 Å². The smallest absolute Gasteiger partial charge is 0.201 e. The second kappa shape index (κ2) is 5.26. The lowest BCUT2D eigenvalue weighted by atomic mass is 9.80. The van der Waals surface area contributed by atoms with Crippen molar-refractivity contribution >= 4 is 0 Å². The fourth-order valence-corrected chi connectivity index (χ4v) is 3.97. The van der Waals surface area contributed by atoms with Crippen molar-refractivity contribution in [3.63, 3.8) is 0 Å². The Balaban J connectivity index is 1.74. The Kier molecular flexibility index (Phi) is 3.02. The number of rotatable bonds is 1. The molecule has 0 fully saturated rings. The third-order valence-electron chi connectivity index (χ3n) is 5.13. The number of phenols is 2. The quantitative estimate of drug-likeness (QED) is 0.587. The highest BCUT2D eigenvalue weighted by Crippen LogP contribution is 2.53. The Morgan fingerprint density at radius 2 is 1.80 bits per heavy atom. The summed E-state index contributed by atoms with van der Waals surface area (Å²) in [6.07, 6.45) is 0. The van der Waals surface area contributed by atoms with Gasteiger partial charge in [0.15, 0.2) is 11.5 Å². The highest BCUT2D eigenvalue weighted by atomic mass is 16.5. The Hall–Kier alpha value is -2.98. The van der Waals surface area contributed by atoms with Gasteiger partial charge in [0.25, 0.3) is 0 Å². The van der Waals surface area contributed by atoms with E-state index < -0.39 is 0 Å². The number of ether oxygens (including phenoxy) is 1. The average molecular weight is 331 g/mol. The molecule has 0 bridgehead atoms. The molecule has 0 radical (unpaired) electrons. The van der Waals surface area contributed by atoms with E-state index in [0.717, 1.165) is 24.4 Å². The number of aromatic hydroxyl groups is 2. The minimum Gasteiger partial charge on any atom is -0.504 e. The van der Waals surface area contributed by atoms with Crippen LogP contribution in [0.4, 0.5) is 0 Å². The molecule has 5 rings (SSSR count). The van der Waals surface area contributed by atoms with Crippen LogP contribution in [0.5, 0.6) is 23.0 Å². The molecule has 124 valence electrons. The largest absolute Gasteiger partial charge is 0.504 e. The van der Waals surface area contributed by atoms with Crippen LogP contribution in [0.1, 0.15) is 22.6 Å². The maximum Gasteiger partial charge on any atom is 0.201 e. The monoisotopic (exact) mass is 331 g/mol. The molecule has 1 atom stereocenters. The topological polar surface area (TPSA) is 61.7 Å². The van der Waals surface area contributed by atoms with Crippen LogP contribution < -0.4 is 10.1 Å². The van der Waals surface area contributed by atoms with E-state index in [4.69, 9.17) is 4.74 Å². The predicted octanol–water partition coefficient (Wildman–Crippen LogP) is 4.11. The van der Waals surface area contributed by atoms with Gasteiger partial charge in [-0.15, -0.1) is 0 Å². The summed E-state index contributed by atoms with van der Waals surface area (Å²) in [6, 6.07) is 17.7. The summed E-state index contributed by atoms with van der Waals surface area (Å²) in [5.74, 6) is 0.862. The Morgan fingerprint density at radius 1 is 0.960 bits per heavy atom. The van der Waals surface area contributed by atoms with Crippen molar-refractivity contribution in [1.29, 1.82) is 0 Å². The third-order valence-corrected chi connectivity index (χ3v) is 5.13. The second-order valence-corrected chi connectivity index (χ2v) is 6.51. The van der Waals surface area contributed by atoms with Gasteiger partial charge in [0.2, 0.25) is 5.75 Å². The summed E-state index contributed by atoms with van der Waals surface area (Å²) in [6.45, 7) is 1.56. The first-order valence-corrected chi connectivity index (χ1v) is 8.38. The van der Waals surface area contributed by atoms with E-state index in [1.54, 1.807) is 0 Å². The van der Waals surface area contributed by atoms with Crippen molar-refractivity contribution in [2.75, 3.05) is 6.54 Å². The second-order valence-electron chi connectivity index (χ2n) is 6.51. The first-order valence-electron chi connectivity index (χ1n) is 8.38. The fourth-order valence-electron chi connectivity index (χ4n) is 3.97. The van der Waals surface area contributed by atoms with Crippen LogP contribution >= 0.6 is 0 Å². The summed E-state index contributed by atoms with van der Waals surface area (Å²) in [5.41, 5.74) is 5.70. The number of hydrogen-bond acceptors (Lipinski definition) is 4. The van der Waals surface area contributed by atoms with Gasteiger partial charge >= 0.3 is 0 Å². The van der Waals surface area contributed by atoms with E-state index >= 15 is 0 Å². The first kappa shape index (κ1) is 14.4. The Labute approximate surface area is 145 Å². The zero-order chi connectivity index (χ0) is 17.0. The van der Waals surface area contributed by atoms with Crippen molar-refractivity contribution in [3.8, 4) is 34.1 Å². The molecular formula is C21H17NO3. The molecule has 3 aromatic carbocycles. The molecule has 2 aliphatic heterocycles. The van der Waals surface area contributed by atoms with Crippen LogP contribution in [0.2, 0.25) is 0 Å². The minimum absolute atomic E-state index is 0.0951. The molecule has 0 saturated heterocycles. The molecule has 25 heavy (non-hydrogen) atoms.